The van der Waals surface area contributed by atoms with E-state index in [0.29, 0.717) is 29.6 Å². The number of benzene rings is 1. The molecule has 32 heavy (non-hydrogen) atoms. The Kier molecular flexibility index (Phi) is 7.10. The van der Waals surface area contributed by atoms with E-state index >= 15 is 0 Å². The fourth-order valence-electron chi connectivity index (χ4n) is 4.18. The Morgan fingerprint density at radius 3 is 2.56 bits per heavy atom. The third kappa shape index (κ3) is 5.04. The number of hydrogen-bond donors (Lipinski definition) is 0. The van der Waals surface area contributed by atoms with Gasteiger partial charge in [-0.3, -0.25) is 9.59 Å². The van der Waals surface area contributed by atoms with Crippen LogP contribution in [0.1, 0.15) is 49.8 Å². The molecule has 1 aliphatic rings. The predicted molar refractivity (Wildman–Crippen MR) is 124 cm³/mol. The number of ketones is 1. The van der Waals surface area contributed by atoms with Crippen molar-refractivity contribution in [1.29, 1.82) is 0 Å². The summed E-state index contributed by atoms with van der Waals surface area (Å²) >= 11 is 6.14. The molecule has 2 aromatic rings. The first kappa shape index (κ1) is 24.4. The summed E-state index contributed by atoms with van der Waals surface area (Å²) in [5.74, 6) is -0.807. The molecule has 0 spiro atoms. The van der Waals surface area contributed by atoms with Gasteiger partial charge in [-0.25, -0.2) is 9.37 Å². The monoisotopic (exact) mass is 462 g/mol. The third-order valence-electron chi connectivity index (χ3n) is 6.02. The standard InChI is InChI=1S/C24H32ClFN4O2/c1-24(2,3)17(23(32)28(4)5)13-20(31)21-19-14-29(6)10-7-11-30(19)22(27-21)16-12-15(25)8-9-18(16)26/h8-9,12,17H,7,10-11,13-14H2,1-6H3/t17-/m1/s1. The van der Waals surface area contributed by atoms with Crippen LogP contribution >= 0.6 is 11.6 Å². The Balaban J connectivity index is 2.10. The summed E-state index contributed by atoms with van der Waals surface area (Å²) < 4.78 is 16.7. The SMILES string of the molecule is CN1CCCn2c(-c3cc(Cl)ccc3F)nc(C(=O)C[C@H](C(=O)N(C)C)C(C)(C)C)c2C1. The Bertz CT molecular complexity index is 1030. The van der Waals surface area contributed by atoms with E-state index in [1.807, 2.05) is 32.4 Å². The van der Waals surface area contributed by atoms with E-state index in [2.05, 4.69) is 9.88 Å². The smallest absolute Gasteiger partial charge is 0.226 e. The number of aromatic nitrogens is 2. The molecule has 1 amide bonds. The molecule has 2 heterocycles. The lowest BCUT2D eigenvalue weighted by Crippen LogP contribution is -2.38. The summed E-state index contributed by atoms with van der Waals surface area (Å²) in [6.07, 6.45) is 0.901. The Labute approximate surface area is 194 Å². The molecule has 0 aliphatic carbocycles. The zero-order chi connectivity index (χ0) is 23.8. The van der Waals surface area contributed by atoms with Gasteiger partial charge in [0, 0.05) is 38.6 Å². The van der Waals surface area contributed by atoms with Crippen LogP contribution in [0.15, 0.2) is 18.2 Å². The van der Waals surface area contributed by atoms with Crippen molar-refractivity contribution in [3.8, 4) is 11.4 Å². The molecule has 6 nitrogen and oxygen atoms in total. The minimum atomic E-state index is -0.489. The number of halogens is 2. The van der Waals surface area contributed by atoms with Gasteiger partial charge in [0.05, 0.1) is 17.2 Å². The number of carbonyl (C=O) groups excluding carboxylic acids is 2. The fourth-order valence-corrected chi connectivity index (χ4v) is 4.35. The van der Waals surface area contributed by atoms with Crippen LogP contribution in [-0.4, -0.2) is 58.7 Å². The van der Waals surface area contributed by atoms with Crippen molar-refractivity contribution >= 4 is 23.3 Å². The number of carbonyl (C=O) groups is 2. The molecule has 0 unspecified atom stereocenters. The summed E-state index contributed by atoms with van der Waals surface area (Å²) in [4.78, 5) is 34.7. The molecule has 174 valence electrons. The molecule has 0 bridgehead atoms. The minimum Gasteiger partial charge on any atom is -0.349 e. The lowest BCUT2D eigenvalue weighted by Gasteiger charge is -2.31. The molecule has 0 fully saturated rings. The third-order valence-corrected chi connectivity index (χ3v) is 6.26. The maximum Gasteiger partial charge on any atom is 0.226 e. The number of Topliss-reactive ketones (excluding diaryl/α,β-unsaturated/α-hetero) is 1. The second kappa shape index (κ2) is 9.32. The molecular formula is C24H32ClFN4O2. The first-order valence-corrected chi connectivity index (χ1v) is 11.3. The molecule has 1 aromatic heterocycles. The largest absolute Gasteiger partial charge is 0.349 e. The van der Waals surface area contributed by atoms with E-state index in [1.54, 1.807) is 20.2 Å². The maximum atomic E-state index is 14.7. The summed E-state index contributed by atoms with van der Waals surface area (Å²) in [6, 6.07) is 4.35. The van der Waals surface area contributed by atoms with Gasteiger partial charge < -0.3 is 14.4 Å². The Hall–Kier alpha value is -2.25. The quantitative estimate of drug-likeness (QED) is 0.614. The first-order valence-electron chi connectivity index (χ1n) is 10.9. The minimum absolute atomic E-state index is 0.0473. The molecule has 0 radical (unpaired) electrons. The van der Waals surface area contributed by atoms with Gasteiger partial charge >= 0.3 is 0 Å². The van der Waals surface area contributed by atoms with Crippen molar-refractivity contribution in [3.05, 3.63) is 40.4 Å². The zero-order valence-corrected chi connectivity index (χ0v) is 20.5. The first-order chi connectivity index (χ1) is 14.9. The molecule has 8 heteroatoms. The topological polar surface area (TPSA) is 58.4 Å². The van der Waals surface area contributed by atoms with Gasteiger partial charge in [-0.1, -0.05) is 32.4 Å². The summed E-state index contributed by atoms with van der Waals surface area (Å²) in [5, 5.41) is 0.404. The van der Waals surface area contributed by atoms with Crippen LogP contribution in [0, 0.1) is 17.2 Å². The van der Waals surface area contributed by atoms with Crippen LogP contribution in [0.25, 0.3) is 11.4 Å². The number of rotatable bonds is 5. The van der Waals surface area contributed by atoms with Gasteiger partial charge in [-0.2, -0.15) is 0 Å². The van der Waals surface area contributed by atoms with Gasteiger partial charge in [-0.15, -0.1) is 0 Å². The summed E-state index contributed by atoms with van der Waals surface area (Å²) in [5.41, 5.74) is 0.953. The van der Waals surface area contributed by atoms with Crippen LogP contribution < -0.4 is 0 Å². The number of imidazole rings is 1. The fraction of sp³-hybridized carbons (Fsp3) is 0.542. The van der Waals surface area contributed by atoms with Gasteiger partial charge in [0.1, 0.15) is 17.3 Å². The molecule has 0 saturated carbocycles. The van der Waals surface area contributed by atoms with Crippen LogP contribution in [0.5, 0.6) is 0 Å². The molecule has 1 aliphatic heterocycles. The van der Waals surface area contributed by atoms with Gasteiger partial charge in [0.15, 0.2) is 5.78 Å². The van der Waals surface area contributed by atoms with Crippen LogP contribution in [-0.2, 0) is 17.9 Å². The molecule has 0 saturated heterocycles. The summed E-state index contributed by atoms with van der Waals surface area (Å²) in [7, 11) is 5.39. The zero-order valence-electron chi connectivity index (χ0n) is 19.7. The highest BCUT2D eigenvalue weighted by atomic mass is 35.5. The van der Waals surface area contributed by atoms with E-state index in [-0.39, 0.29) is 23.7 Å². The van der Waals surface area contributed by atoms with Crippen molar-refractivity contribution < 1.29 is 14.0 Å². The molecule has 0 N–H and O–H groups in total. The Morgan fingerprint density at radius 2 is 1.94 bits per heavy atom. The number of fused-ring (bicyclic) bond motifs is 1. The van der Waals surface area contributed by atoms with Crippen molar-refractivity contribution in [1.82, 2.24) is 19.4 Å². The highest BCUT2D eigenvalue weighted by Gasteiger charge is 2.36. The second-order valence-electron chi connectivity index (χ2n) is 9.88. The van der Waals surface area contributed by atoms with Crippen molar-refractivity contribution in [2.45, 2.75) is 46.7 Å². The van der Waals surface area contributed by atoms with Crippen molar-refractivity contribution in [2.24, 2.45) is 11.3 Å². The van der Waals surface area contributed by atoms with Gasteiger partial charge in [-0.05, 0) is 43.6 Å². The van der Waals surface area contributed by atoms with Crippen molar-refractivity contribution in [2.75, 3.05) is 27.7 Å². The Morgan fingerprint density at radius 1 is 1.25 bits per heavy atom. The van der Waals surface area contributed by atoms with Gasteiger partial charge in [0.25, 0.3) is 0 Å². The van der Waals surface area contributed by atoms with E-state index in [9.17, 15) is 14.0 Å². The highest BCUT2D eigenvalue weighted by molar-refractivity contribution is 6.30. The molecule has 3 rings (SSSR count). The average molecular weight is 463 g/mol. The van der Waals surface area contributed by atoms with E-state index in [4.69, 9.17) is 11.6 Å². The normalized spacial score (nSPS) is 15.8. The van der Waals surface area contributed by atoms with Crippen LogP contribution in [0.3, 0.4) is 0 Å². The predicted octanol–water partition coefficient (Wildman–Crippen LogP) is 4.50. The average Bonchev–Trinajstić information content (AvgIpc) is 2.92. The number of nitrogens with zero attached hydrogens (tertiary/aromatic N) is 4. The van der Waals surface area contributed by atoms with Crippen LogP contribution in [0.2, 0.25) is 5.02 Å². The van der Waals surface area contributed by atoms with E-state index in [0.717, 1.165) is 18.7 Å². The number of hydrogen-bond acceptors (Lipinski definition) is 4. The summed E-state index contributed by atoms with van der Waals surface area (Å²) in [6.45, 7) is 7.89. The van der Waals surface area contributed by atoms with Crippen molar-refractivity contribution in [3.63, 3.8) is 0 Å². The highest BCUT2D eigenvalue weighted by Crippen LogP contribution is 2.34. The lowest BCUT2D eigenvalue weighted by molar-refractivity contribution is -0.136. The number of amides is 1. The molecule has 1 atom stereocenters. The maximum absolute atomic E-state index is 14.7. The van der Waals surface area contributed by atoms with E-state index in [1.165, 1.54) is 17.0 Å². The lowest BCUT2D eigenvalue weighted by atomic mass is 9.76. The molecule has 1 aromatic carbocycles. The van der Waals surface area contributed by atoms with Crippen LogP contribution in [0.4, 0.5) is 4.39 Å². The van der Waals surface area contributed by atoms with Gasteiger partial charge in [0.2, 0.25) is 5.91 Å². The van der Waals surface area contributed by atoms with E-state index < -0.39 is 17.2 Å². The molecular weight excluding hydrogens is 431 g/mol. The second-order valence-corrected chi connectivity index (χ2v) is 10.3.